The van der Waals surface area contributed by atoms with Crippen LogP contribution < -0.4 is 15.0 Å². The van der Waals surface area contributed by atoms with E-state index in [1.807, 2.05) is 13.8 Å². The minimum Gasteiger partial charge on any atom is -0.467 e. The van der Waals surface area contributed by atoms with Crippen LogP contribution in [0.15, 0.2) is 0 Å². The summed E-state index contributed by atoms with van der Waals surface area (Å²) in [7, 11) is 0. The Balaban J connectivity index is 1.60. The van der Waals surface area contributed by atoms with E-state index in [4.69, 9.17) is 4.74 Å². The van der Waals surface area contributed by atoms with Crippen LogP contribution in [-0.4, -0.2) is 41.6 Å². The van der Waals surface area contributed by atoms with Crippen molar-refractivity contribution in [3.8, 4) is 5.88 Å². The summed E-state index contributed by atoms with van der Waals surface area (Å²) < 4.78 is 5.73. The molecule has 1 aliphatic carbocycles. The number of hydrogen-bond donors (Lipinski definition) is 1. The number of ether oxygens (including phenoxy) is 1. The predicted octanol–water partition coefficient (Wildman–Crippen LogP) is 2.52. The van der Waals surface area contributed by atoms with Gasteiger partial charge in [-0.25, -0.2) is 4.98 Å². The molecule has 1 amide bonds. The van der Waals surface area contributed by atoms with Gasteiger partial charge >= 0.3 is 0 Å². The van der Waals surface area contributed by atoms with Crippen LogP contribution in [0.25, 0.3) is 0 Å². The zero-order valence-corrected chi connectivity index (χ0v) is 14.8. The van der Waals surface area contributed by atoms with E-state index in [2.05, 4.69) is 20.2 Å². The lowest BCUT2D eigenvalue weighted by molar-refractivity contribution is -0.124. The van der Waals surface area contributed by atoms with Crippen LogP contribution in [0.2, 0.25) is 0 Å². The van der Waals surface area contributed by atoms with Crippen molar-refractivity contribution in [2.45, 2.75) is 64.8 Å². The molecule has 3 rings (SSSR count). The number of nitrogens with one attached hydrogen (secondary N) is 1. The zero-order chi connectivity index (χ0) is 16.9. The third-order valence-electron chi connectivity index (χ3n) is 5.03. The van der Waals surface area contributed by atoms with E-state index in [1.54, 1.807) is 0 Å². The average molecular weight is 332 g/mol. The fourth-order valence-corrected chi connectivity index (χ4v) is 3.44. The lowest BCUT2D eigenvalue weighted by atomic mass is 9.95. The van der Waals surface area contributed by atoms with Gasteiger partial charge in [-0.05, 0) is 39.5 Å². The molecule has 6 heteroatoms. The first-order chi connectivity index (χ1) is 11.6. The molecule has 24 heavy (non-hydrogen) atoms. The maximum Gasteiger partial charge on any atom is 0.258 e. The van der Waals surface area contributed by atoms with Gasteiger partial charge in [0.15, 0.2) is 6.61 Å². The van der Waals surface area contributed by atoms with E-state index in [1.165, 1.54) is 32.1 Å². The average Bonchev–Trinajstić information content (AvgIpc) is 3.11. The van der Waals surface area contributed by atoms with E-state index in [-0.39, 0.29) is 12.5 Å². The van der Waals surface area contributed by atoms with Gasteiger partial charge in [0.25, 0.3) is 5.91 Å². The summed E-state index contributed by atoms with van der Waals surface area (Å²) in [4.78, 5) is 23.4. The Morgan fingerprint density at radius 3 is 2.54 bits per heavy atom. The molecule has 1 N–H and O–H groups in total. The molecule has 2 fully saturated rings. The van der Waals surface area contributed by atoms with Crippen LogP contribution in [0.1, 0.15) is 56.2 Å². The molecule has 6 nitrogen and oxygen atoms in total. The first-order valence-corrected chi connectivity index (χ1v) is 9.16. The second-order valence-corrected chi connectivity index (χ2v) is 6.92. The number of rotatable bonds is 5. The summed E-state index contributed by atoms with van der Waals surface area (Å²) in [5, 5.41) is 3.08. The van der Waals surface area contributed by atoms with Crippen molar-refractivity contribution < 1.29 is 9.53 Å². The molecular weight excluding hydrogens is 304 g/mol. The van der Waals surface area contributed by atoms with E-state index in [9.17, 15) is 4.79 Å². The van der Waals surface area contributed by atoms with Crippen LogP contribution in [-0.2, 0) is 4.79 Å². The summed E-state index contributed by atoms with van der Waals surface area (Å²) >= 11 is 0. The molecule has 1 saturated heterocycles. The van der Waals surface area contributed by atoms with Gasteiger partial charge in [-0.1, -0.05) is 19.3 Å². The summed E-state index contributed by atoms with van der Waals surface area (Å²) in [5.41, 5.74) is 1.82. The number of amides is 1. The predicted molar refractivity (Wildman–Crippen MR) is 93.5 cm³/mol. The monoisotopic (exact) mass is 332 g/mol. The first-order valence-electron chi connectivity index (χ1n) is 9.16. The summed E-state index contributed by atoms with van der Waals surface area (Å²) in [6.45, 7) is 5.91. The lowest BCUT2D eigenvalue weighted by Gasteiger charge is -2.23. The number of aryl methyl sites for hydroxylation is 1. The van der Waals surface area contributed by atoms with Gasteiger partial charge in [-0.3, -0.25) is 4.79 Å². The zero-order valence-electron chi connectivity index (χ0n) is 14.8. The van der Waals surface area contributed by atoms with Gasteiger partial charge in [0, 0.05) is 30.4 Å². The van der Waals surface area contributed by atoms with Crippen molar-refractivity contribution in [3.63, 3.8) is 0 Å². The molecule has 0 aromatic carbocycles. The van der Waals surface area contributed by atoms with Crippen LogP contribution in [0.3, 0.4) is 0 Å². The Kier molecular flexibility index (Phi) is 5.53. The summed E-state index contributed by atoms with van der Waals surface area (Å²) in [6.07, 6.45) is 8.20. The maximum atomic E-state index is 12.1. The molecule has 1 aliphatic heterocycles. The van der Waals surface area contributed by atoms with Crippen molar-refractivity contribution in [2.24, 2.45) is 0 Å². The van der Waals surface area contributed by atoms with Gasteiger partial charge < -0.3 is 15.0 Å². The molecule has 0 unspecified atom stereocenters. The number of aromatic nitrogens is 2. The third kappa shape index (κ3) is 4.16. The van der Waals surface area contributed by atoms with Gasteiger partial charge in [0.2, 0.25) is 11.8 Å². The lowest BCUT2D eigenvalue weighted by Crippen LogP contribution is -2.39. The van der Waals surface area contributed by atoms with Crippen molar-refractivity contribution in [3.05, 3.63) is 11.3 Å². The maximum absolute atomic E-state index is 12.1. The highest BCUT2D eigenvalue weighted by Crippen LogP contribution is 2.24. The standard InChI is InChI=1S/C18H28N4O2/c1-13-14(2)19-18(22-10-6-7-11-22)21-17(13)24-12-16(23)20-15-8-4-3-5-9-15/h15H,3-12H2,1-2H3,(H,20,23). The Bertz CT molecular complexity index is 579. The molecule has 0 radical (unpaired) electrons. The largest absolute Gasteiger partial charge is 0.467 e. The number of hydrogen-bond acceptors (Lipinski definition) is 5. The molecule has 0 bridgehead atoms. The normalized spacial score (nSPS) is 18.7. The highest BCUT2D eigenvalue weighted by Gasteiger charge is 2.20. The second-order valence-electron chi connectivity index (χ2n) is 6.92. The van der Waals surface area contributed by atoms with Crippen LogP contribution in [0, 0.1) is 13.8 Å². The highest BCUT2D eigenvalue weighted by atomic mass is 16.5. The molecule has 1 aromatic rings. The van der Waals surface area contributed by atoms with Crippen LogP contribution >= 0.6 is 0 Å². The van der Waals surface area contributed by atoms with Crippen molar-refractivity contribution in [1.29, 1.82) is 0 Å². The topological polar surface area (TPSA) is 67.3 Å². The van der Waals surface area contributed by atoms with Crippen LogP contribution in [0.5, 0.6) is 5.88 Å². The SMILES string of the molecule is Cc1nc(N2CCCC2)nc(OCC(=O)NC2CCCCC2)c1C. The van der Waals surface area contributed by atoms with Gasteiger partial charge in [-0.2, -0.15) is 4.98 Å². The van der Waals surface area contributed by atoms with E-state index < -0.39 is 0 Å². The molecule has 2 heterocycles. The summed E-state index contributed by atoms with van der Waals surface area (Å²) in [6, 6.07) is 0.309. The summed E-state index contributed by atoms with van der Waals surface area (Å²) in [5.74, 6) is 1.20. The molecule has 0 atom stereocenters. The fraction of sp³-hybridized carbons (Fsp3) is 0.722. The van der Waals surface area contributed by atoms with Crippen LogP contribution in [0.4, 0.5) is 5.95 Å². The Morgan fingerprint density at radius 1 is 1.12 bits per heavy atom. The molecule has 0 spiro atoms. The minimum atomic E-state index is -0.0553. The fourth-order valence-electron chi connectivity index (χ4n) is 3.44. The second kappa shape index (κ2) is 7.81. The minimum absolute atomic E-state index is 0.0211. The Labute approximate surface area is 144 Å². The van der Waals surface area contributed by atoms with Crippen molar-refractivity contribution >= 4 is 11.9 Å². The molecular formula is C18H28N4O2. The number of nitrogens with zero attached hydrogens (tertiary/aromatic N) is 3. The molecule has 1 saturated carbocycles. The number of carbonyl (C=O) groups is 1. The van der Waals surface area contributed by atoms with Gasteiger partial charge in [0.05, 0.1) is 0 Å². The highest BCUT2D eigenvalue weighted by molar-refractivity contribution is 5.77. The number of anilines is 1. The van der Waals surface area contributed by atoms with E-state index >= 15 is 0 Å². The van der Waals surface area contributed by atoms with Gasteiger partial charge in [-0.15, -0.1) is 0 Å². The molecule has 2 aliphatic rings. The first kappa shape index (κ1) is 17.0. The number of carbonyl (C=O) groups excluding carboxylic acids is 1. The molecule has 1 aromatic heterocycles. The Hall–Kier alpha value is -1.85. The quantitative estimate of drug-likeness (QED) is 0.897. The Morgan fingerprint density at radius 2 is 1.83 bits per heavy atom. The van der Waals surface area contributed by atoms with Gasteiger partial charge in [0.1, 0.15) is 0 Å². The van der Waals surface area contributed by atoms with Crippen molar-refractivity contribution in [1.82, 2.24) is 15.3 Å². The smallest absolute Gasteiger partial charge is 0.258 e. The van der Waals surface area contributed by atoms with E-state index in [0.717, 1.165) is 43.1 Å². The molecule has 132 valence electrons. The van der Waals surface area contributed by atoms with E-state index in [0.29, 0.717) is 11.9 Å². The van der Waals surface area contributed by atoms with Crippen molar-refractivity contribution in [2.75, 3.05) is 24.6 Å². The third-order valence-corrected chi connectivity index (χ3v) is 5.03.